The van der Waals surface area contributed by atoms with Gasteiger partial charge in [-0.15, -0.1) is 0 Å². The summed E-state index contributed by atoms with van der Waals surface area (Å²) in [7, 11) is 0. The van der Waals surface area contributed by atoms with Gasteiger partial charge >= 0.3 is 0 Å². The van der Waals surface area contributed by atoms with Crippen molar-refractivity contribution in [2.45, 2.75) is 77.9 Å². The molecule has 2 amide bonds. The lowest BCUT2D eigenvalue weighted by molar-refractivity contribution is -0.143. The van der Waals surface area contributed by atoms with Crippen molar-refractivity contribution in [3.8, 4) is 5.75 Å². The van der Waals surface area contributed by atoms with Crippen LogP contribution in [0.2, 0.25) is 0 Å². The maximum absolute atomic E-state index is 13.3. The molecule has 1 N–H and O–H groups in total. The summed E-state index contributed by atoms with van der Waals surface area (Å²) in [4.78, 5) is 28.3. The second kappa shape index (κ2) is 12.2. The standard InChI is InChI=1S/C27H35BrN2O3/c1-4-25(27(32)29-22-8-6-5-7-9-22)30(17-21-12-10-19(2)11-13-21)26(31)18-33-23-14-15-24(28)20(3)16-23/h10-16,22,25H,4-9,17-18H2,1-3H3,(H,29,32). The van der Waals surface area contributed by atoms with Crippen LogP contribution in [0.3, 0.4) is 0 Å². The molecule has 2 aromatic rings. The van der Waals surface area contributed by atoms with Gasteiger partial charge in [0.15, 0.2) is 6.61 Å². The quantitative estimate of drug-likeness (QED) is 0.466. The van der Waals surface area contributed by atoms with E-state index >= 15 is 0 Å². The monoisotopic (exact) mass is 514 g/mol. The molecule has 0 bridgehead atoms. The van der Waals surface area contributed by atoms with Gasteiger partial charge in [0.1, 0.15) is 11.8 Å². The molecule has 1 aliphatic carbocycles. The molecular weight excluding hydrogens is 480 g/mol. The van der Waals surface area contributed by atoms with Gasteiger partial charge in [-0.1, -0.05) is 71.9 Å². The van der Waals surface area contributed by atoms with Gasteiger partial charge in [-0.05, 0) is 62.4 Å². The molecular formula is C27H35BrN2O3. The summed E-state index contributed by atoms with van der Waals surface area (Å²) < 4.78 is 6.82. The molecule has 2 aromatic carbocycles. The van der Waals surface area contributed by atoms with Gasteiger partial charge in [-0.3, -0.25) is 9.59 Å². The maximum Gasteiger partial charge on any atom is 0.261 e. The maximum atomic E-state index is 13.3. The molecule has 5 nitrogen and oxygen atoms in total. The highest BCUT2D eigenvalue weighted by Crippen LogP contribution is 2.22. The summed E-state index contributed by atoms with van der Waals surface area (Å²) in [5.74, 6) is 0.380. The molecule has 1 aliphatic rings. The third-order valence-electron chi connectivity index (χ3n) is 6.30. The number of halogens is 1. The first-order valence-corrected chi connectivity index (χ1v) is 12.7. The van der Waals surface area contributed by atoms with Crippen molar-refractivity contribution >= 4 is 27.7 Å². The third kappa shape index (κ3) is 7.32. The number of hydrogen-bond donors (Lipinski definition) is 1. The SMILES string of the molecule is CCC(C(=O)NC1CCCCC1)N(Cc1ccc(C)cc1)C(=O)COc1ccc(Br)c(C)c1. The normalized spacial score (nSPS) is 15.0. The number of amides is 2. The first-order chi connectivity index (χ1) is 15.9. The highest BCUT2D eigenvalue weighted by atomic mass is 79.9. The van der Waals surface area contributed by atoms with Crippen molar-refractivity contribution < 1.29 is 14.3 Å². The first-order valence-electron chi connectivity index (χ1n) is 11.9. The van der Waals surface area contributed by atoms with Gasteiger partial charge in [-0.25, -0.2) is 0 Å². The average molecular weight is 515 g/mol. The predicted molar refractivity (Wildman–Crippen MR) is 135 cm³/mol. The summed E-state index contributed by atoms with van der Waals surface area (Å²) in [6.07, 6.45) is 6.10. The van der Waals surface area contributed by atoms with Crippen LogP contribution in [0, 0.1) is 13.8 Å². The second-order valence-electron chi connectivity index (χ2n) is 8.97. The lowest BCUT2D eigenvalue weighted by Crippen LogP contribution is -2.52. The predicted octanol–water partition coefficient (Wildman–Crippen LogP) is 5.70. The molecule has 178 valence electrons. The molecule has 6 heteroatoms. The molecule has 1 fully saturated rings. The summed E-state index contributed by atoms with van der Waals surface area (Å²) in [6.45, 7) is 6.23. The van der Waals surface area contributed by atoms with Crippen LogP contribution in [-0.4, -0.2) is 35.4 Å². The van der Waals surface area contributed by atoms with Gasteiger partial charge in [0.05, 0.1) is 0 Å². The Labute approximate surface area is 206 Å². The van der Waals surface area contributed by atoms with Crippen LogP contribution in [0.5, 0.6) is 5.75 Å². The third-order valence-corrected chi connectivity index (χ3v) is 7.19. The van der Waals surface area contributed by atoms with E-state index in [0.29, 0.717) is 18.7 Å². The van der Waals surface area contributed by atoms with Crippen LogP contribution in [-0.2, 0) is 16.1 Å². The van der Waals surface area contributed by atoms with E-state index in [9.17, 15) is 9.59 Å². The van der Waals surface area contributed by atoms with Crippen molar-refractivity contribution in [2.75, 3.05) is 6.61 Å². The molecule has 0 heterocycles. The van der Waals surface area contributed by atoms with Crippen molar-refractivity contribution in [2.24, 2.45) is 0 Å². The molecule has 0 radical (unpaired) electrons. The Kier molecular flexibility index (Phi) is 9.36. The zero-order valence-electron chi connectivity index (χ0n) is 19.9. The molecule has 0 saturated heterocycles. The highest BCUT2D eigenvalue weighted by Gasteiger charge is 2.30. The summed E-state index contributed by atoms with van der Waals surface area (Å²) in [5, 5.41) is 3.21. The largest absolute Gasteiger partial charge is 0.484 e. The number of benzene rings is 2. The van der Waals surface area contributed by atoms with Crippen LogP contribution in [0.1, 0.15) is 62.1 Å². The van der Waals surface area contributed by atoms with Crippen molar-refractivity contribution in [1.82, 2.24) is 10.2 Å². The number of hydrogen-bond acceptors (Lipinski definition) is 3. The fourth-order valence-electron chi connectivity index (χ4n) is 4.29. The minimum atomic E-state index is -0.531. The number of carbonyl (C=O) groups excluding carboxylic acids is 2. The molecule has 0 spiro atoms. The van der Waals surface area contributed by atoms with E-state index in [1.54, 1.807) is 4.90 Å². The number of nitrogens with zero attached hydrogens (tertiary/aromatic N) is 1. The molecule has 1 atom stereocenters. The Bertz CT molecular complexity index is 939. The number of nitrogens with one attached hydrogen (secondary N) is 1. The summed E-state index contributed by atoms with van der Waals surface area (Å²) in [6, 6.07) is 13.4. The highest BCUT2D eigenvalue weighted by molar-refractivity contribution is 9.10. The van der Waals surface area contributed by atoms with Crippen LogP contribution in [0.25, 0.3) is 0 Å². The fourth-order valence-corrected chi connectivity index (χ4v) is 4.54. The lowest BCUT2D eigenvalue weighted by Gasteiger charge is -2.32. The number of ether oxygens (including phenoxy) is 1. The van der Waals surface area contributed by atoms with E-state index in [1.807, 2.05) is 63.2 Å². The molecule has 0 aliphatic heterocycles. The van der Waals surface area contributed by atoms with Crippen LogP contribution < -0.4 is 10.1 Å². The van der Waals surface area contributed by atoms with E-state index in [2.05, 4.69) is 21.2 Å². The Balaban J connectivity index is 1.75. The van der Waals surface area contributed by atoms with Gasteiger partial charge in [0, 0.05) is 17.1 Å². The van der Waals surface area contributed by atoms with Gasteiger partial charge in [0.25, 0.3) is 5.91 Å². The first kappa shape index (κ1) is 25.3. The van der Waals surface area contributed by atoms with E-state index in [1.165, 1.54) is 6.42 Å². The summed E-state index contributed by atoms with van der Waals surface area (Å²) >= 11 is 3.48. The molecule has 1 saturated carbocycles. The summed E-state index contributed by atoms with van der Waals surface area (Å²) in [5.41, 5.74) is 3.19. The zero-order chi connectivity index (χ0) is 23.8. The average Bonchev–Trinajstić information content (AvgIpc) is 2.81. The number of rotatable bonds is 9. The van der Waals surface area contributed by atoms with Crippen molar-refractivity contribution in [1.29, 1.82) is 0 Å². The Hall–Kier alpha value is -2.34. The topological polar surface area (TPSA) is 58.6 Å². The second-order valence-corrected chi connectivity index (χ2v) is 9.83. The number of carbonyl (C=O) groups is 2. The minimum Gasteiger partial charge on any atom is -0.484 e. The molecule has 33 heavy (non-hydrogen) atoms. The van der Waals surface area contributed by atoms with Crippen molar-refractivity contribution in [3.05, 3.63) is 63.6 Å². The zero-order valence-corrected chi connectivity index (χ0v) is 21.5. The van der Waals surface area contributed by atoms with Gasteiger partial charge < -0.3 is 15.0 Å². The Morgan fingerprint density at radius 1 is 1.09 bits per heavy atom. The van der Waals surface area contributed by atoms with E-state index in [0.717, 1.165) is 46.8 Å². The van der Waals surface area contributed by atoms with E-state index in [4.69, 9.17) is 4.74 Å². The van der Waals surface area contributed by atoms with Crippen LogP contribution in [0.4, 0.5) is 0 Å². The lowest BCUT2D eigenvalue weighted by atomic mass is 9.95. The van der Waals surface area contributed by atoms with E-state index in [-0.39, 0.29) is 24.5 Å². The fraction of sp³-hybridized carbons (Fsp3) is 0.481. The molecule has 3 rings (SSSR count). The smallest absolute Gasteiger partial charge is 0.261 e. The Morgan fingerprint density at radius 2 is 1.79 bits per heavy atom. The van der Waals surface area contributed by atoms with Crippen molar-refractivity contribution in [3.63, 3.8) is 0 Å². The number of aryl methyl sites for hydroxylation is 2. The van der Waals surface area contributed by atoms with Gasteiger partial charge in [-0.2, -0.15) is 0 Å². The Morgan fingerprint density at radius 3 is 2.42 bits per heavy atom. The van der Waals surface area contributed by atoms with Gasteiger partial charge in [0.2, 0.25) is 5.91 Å². The van der Waals surface area contributed by atoms with E-state index < -0.39 is 6.04 Å². The molecule has 0 aromatic heterocycles. The molecule has 1 unspecified atom stereocenters. The van der Waals surface area contributed by atoms with Crippen LogP contribution in [0.15, 0.2) is 46.9 Å². The van der Waals surface area contributed by atoms with Crippen LogP contribution >= 0.6 is 15.9 Å². The minimum absolute atomic E-state index is 0.0654.